The molecule has 0 radical (unpaired) electrons. The molecule has 1 nitrogen and oxygen atoms in total. The Labute approximate surface area is 90.9 Å². The zero-order valence-corrected chi connectivity index (χ0v) is 9.68. The number of phenols is 1. The maximum atomic E-state index is 13.6. The first-order valence-corrected chi connectivity index (χ1v) is 5.61. The van der Waals surface area contributed by atoms with E-state index in [2.05, 4.69) is 0 Å². The minimum atomic E-state index is -0.190. The molecule has 0 aliphatic carbocycles. The van der Waals surface area contributed by atoms with E-state index in [-0.39, 0.29) is 17.5 Å². The van der Waals surface area contributed by atoms with E-state index in [9.17, 15) is 9.50 Å². The molecule has 15 heavy (non-hydrogen) atoms. The number of phenolic OH excluding ortho intramolecular Hbond substituents is 1. The van der Waals surface area contributed by atoms with E-state index in [1.807, 2.05) is 20.8 Å². The Morgan fingerprint density at radius 1 is 1.33 bits per heavy atom. The number of hydrogen-bond acceptors (Lipinski definition) is 1. The fourth-order valence-corrected chi connectivity index (χ4v) is 1.70. The highest BCUT2D eigenvalue weighted by molar-refractivity contribution is 5.39. The van der Waals surface area contributed by atoms with Crippen molar-refractivity contribution in [3.63, 3.8) is 0 Å². The van der Waals surface area contributed by atoms with E-state index in [4.69, 9.17) is 0 Å². The van der Waals surface area contributed by atoms with Gasteiger partial charge in [0, 0.05) is 0 Å². The van der Waals surface area contributed by atoms with Crippen LogP contribution in [0.25, 0.3) is 0 Å². The number of rotatable bonds is 4. The van der Waals surface area contributed by atoms with Gasteiger partial charge in [-0.05, 0) is 42.0 Å². The molecule has 1 unspecified atom stereocenters. The SMILES string of the molecule is CCCc1cc(O)c(C(C)CC)cc1F. The van der Waals surface area contributed by atoms with Crippen LogP contribution in [0.5, 0.6) is 5.75 Å². The number of benzene rings is 1. The summed E-state index contributed by atoms with van der Waals surface area (Å²) in [6.45, 7) is 6.02. The molecule has 1 N–H and O–H groups in total. The van der Waals surface area contributed by atoms with Gasteiger partial charge in [-0.1, -0.05) is 27.2 Å². The van der Waals surface area contributed by atoms with Crippen molar-refractivity contribution in [2.45, 2.75) is 46.0 Å². The minimum Gasteiger partial charge on any atom is -0.508 e. The van der Waals surface area contributed by atoms with Gasteiger partial charge >= 0.3 is 0 Å². The van der Waals surface area contributed by atoms with Crippen LogP contribution in [-0.2, 0) is 6.42 Å². The molecule has 0 aliphatic rings. The zero-order chi connectivity index (χ0) is 11.4. The Morgan fingerprint density at radius 2 is 2.00 bits per heavy atom. The first-order chi connectivity index (χ1) is 7.10. The lowest BCUT2D eigenvalue weighted by Gasteiger charge is -2.13. The van der Waals surface area contributed by atoms with E-state index in [0.29, 0.717) is 12.0 Å². The van der Waals surface area contributed by atoms with Crippen LogP contribution in [0.3, 0.4) is 0 Å². The molecule has 84 valence electrons. The van der Waals surface area contributed by atoms with Crippen molar-refractivity contribution < 1.29 is 9.50 Å². The molecule has 0 spiro atoms. The molecule has 0 amide bonds. The molecule has 2 heteroatoms. The van der Waals surface area contributed by atoms with Gasteiger partial charge in [-0.2, -0.15) is 0 Å². The molecule has 1 aromatic carbocycles. The maximum absolute atomic E-state index is 13.6. The summed E-state index contributed by atoms with van der Waals surface area (Å²) in [4.78, 5) is 0. The van der Waals surface area contributed by atoms with Crippen LogP contribution in [0.4, 0.5) is 4.39 Å². The Morgan fingerprint density at radius 3 is 2.53 bits per heavy atom. The number of aromatic hydroxyl groups is 1. The van der Waals surface area contributed by atoms with Gasteiger partial charge in [0.1, 0.15) is 11.6 Å². The van der Waals surface area contributed by atoms with Crippen LogP contribution >= 0.6 is 0 Å². The monoisotopic (exact) mass is 210 g/mol. The Hall–Kier alpha value is -1.05. The minimum absolute atomic E-state index is 0.190. The lowest BCUT2D eigenvalue weighted by molar-refractivity contribution is 0.457. The molecule has 0 aliphatic heterocycles. The first-order valence-electron chi connectivity index (χ1n) is 5.61. The average molecular weight is 210 g/mol. The Bertz CT molecular complexity index is 334. The number of aryl methyl sites for hydroxylation is 1. The summed E-state index contributed by atoms with van der Waals surface area (Å²) in [7, 11) is 0. The van der Waals surface area contributed by atoms with Gasteiger partial charge in [0.2, 0.25) is 0 Å². The summed E-state index contributed by atoms with van der Waals surface area (Å²) in [5, 5.41) is 9.78. The number of hydrogen-bond donors (Lipinski definition) is 1. The molecular formula is C13H19FO. The first kappa shape index (κ1) is 12.0. The fraction of sp³-hybridized carbons (Fsp3) is 0.538. The van der Waals surface area contributed by atoms with Crippen LogP contribution < -0.4 is 0 Å². The van der Waals surface area contributed by atoms with Crippen molar-refractivity contribution in [3.05, 3.63) is 29.1 Å². The number of halogens is 1. The van der Waals surface area contributed by atoms with Crippen LogP contribution in [0, 0.1) is 5.82 Å². The Kier molecular flexibility index (Phi) is 4.13. The normalized spacial score (nSPS) is 12.8. The third-order valence-corrected chi connectivity index (χ3v) is 2.86. The van der Waals surface area contributed by atoms with Gasteiger partial charge < -0.3 is 5.11 Å². The zero-order valence-electron chi connectivity index (χ0n) is 9.68. The quantitative estimate of drug-likeness (QED) is 0.796. The van der Waals surface area contributed by atoms with Crippen molar-refractivity contribution in [2.75, 3.05) is 0 Å². The predicted molar refractivity (Wildman–Crippen MR) is 60.8 cm³/mol. The Balaban J connectivity index is 3.07. The maximum Gasteiger partial charge on any atom is 0.126 e. The average Bonchev–Trinajstić information content (AvgIpc) is 2.22. The van der Waals surface area contributed by atoms with E-state index in [1.54, 1.807) is 6.07 Å². The van der Waals surface area contributed by atoms with Crippen LogP contribution in [-0.4, -0.2) is 5.11 Å². The molecule has 1 rings (SSSR count). The van der Waals surface area contributed by atoms with Crippen LogP contribution in [0.1, 0.15) is 50.7 Å². The van der Waals surface area contributed by atoms with Crippen molar-refractivity contribution in [3.8, 4) is 5.75 Å². The largest absolute Gasteiger partial charge is 0.508 e. The highest BCUT2D eigenvalue weighted by Gasteiger charge is 2.12. The van der Waals surface area contributed by atoms with Crippen molar-refractivity contribution in [1.29, 1.82) is 0 Å². The predicted octanol–water partition coefficient (Wildman–Crippen LogP) is 4.00. The third-order valence-electron chi connectivity index (χ3n) is 2.86. The smallest absolute Gasteiger partial charge is 0.126 e. The highest BCUT2D eigenvalue weighted by atomic mass is 19.1. The van der Waals surface area contributed by atoms with Gasteiger partial charge in [-0.25, -0.2) is 4.39 Å². The summed E-state index contributed by atoms with van der Waals surface area (Å²) < 4.78 is 13.6. The molecule has 0 fully saturated rings. The van der Waals surface area contributed by atoms with E-state index < -0.39 is 0 Å². The second-order valence-corrected chi connectivity index (χ2v) is 4.06. The van der Waals surface area contributed by atoms with Crippen molar-refractivity contribution >= 4 is 0 Å². The van der Waals surface area contributed by atoms with Crippen molar-refractivity contribution in [2.24, 2.45) is 0 Å². The van der Waals surface area contributed by atoms with E-state index >= 15 is 0 Å². The molecule has 0 saturated heterocycles. The molecule has 0 bridgehead atoms. The summed E-state index contributed by atoms with van der Waals surface area (Å²) >= 11 is 0. The summed E-state index contributed by atoms with van der Waals surface area (Å²) in [6, 6.07) is 3.05. The van der Waals surface area contributed by atoms with Gasteiger partial charge in [-0.3, -0.25) is 0 Å². The van der Waals surface area contributed by atoms with Crippen LogP contribution in [0.15, 0.2) is 12.1 Å². The summed E-state index contributed by atoms with van der Waals surface area (Å²) in [5.41, 5.74) is 1.33. The lowest BCUT2D eigenvalue weighted by Crippen LogP contribution is -1.97. The highest BCUT2D eigenvalue weighted by Crippen LogP contribution is 2.30. The van der Waals surface area contributed by atoms with Gasteiger partial charge in [0.15, 0.2) is 0 Å². The van der Waals surface area contributed by atoms with Gasteiger partial charge in [0.05, 0.1) is 0 Å². The molecule has 0 saturated carbocycles. The second kappa shape index (κ2) is 5.15. The van der Waals surface area contributed by atoms with Gasteiger partial charge in [0.25, 0.3) is 0 Å². The standard InChI is InChI=1S/C13H19FO/c1-4-6-10-7-13(15)11(8-12(10)14)9(3)5-2/h7-9,15H,4-6H2,1-3H3. The van der Waals surface area contributed by atoms with Crippen molar-refractivity contribution in [1.82, 2.24) is 0 Å². The molecule has 1 atom stereocenters. The molecule has 1 aromatic rings. The third kappa shape index (κ3) is 2.71. The van der Waals surface area contributed by atoms with E-state index in [0.717, 1.165) is 18.4 Å². The molecular weight excluding hydrogens is 191 g/mol. The fourth-order valence-electron chi connectivity index (χ4n) is 1.70. The second-order valence-electron chi connectivity index (χ2n) is 4.06. The summed E-state index contributed by atoms with van der Waals surface area (Å²) in [6.07, 6.45) is 2.47. The summed E-state index contributed by atoms with van der Waals surface area (Å²) in [5.74, 6) is 0.245. The van der Waals surface area contributed by atoms with Crippen LogP contribution in [0.2, 0.25) is 0 Å². The lowest BCUT2D eigenvalue weighted by atomic mass is 9.95. The van der Waals surface area contributed by atoms with Gasteiger partial charge in [-0.15, -0.1) is 0 Å². The van der Waals surface area contributed by atoms with E-state index in [1.165, 1.54) is 6.07 Å². The molecule has 0 aromatic heterocycles. The molecule has 0 heterocycles. The topological polar surface area (TPSA) is 20.2 Å².